The minimum absolute atomic E-state index is 0.110. The van der Waals surface area contributed by atoms with E-state index in [0.717, 1.165) is 24.6 Å². The van der Waals surface area contributed by atoms with Crippen molar-refractivity contribution in [2.45, 2.75) is 58.5 Å². The van der Waals surface area contributed by atoms with Crippen molar-refractivity contribution in [2.75, 3.05) is 0 Å². The predicted octanol–water partition coefficient (Wildman–Crippen LogP) is 2.51. The van der Waals surface area contributed by atoms with Gasteiger partial charge in [-0.05, 0) is 31.1 Å². The van der Waals surface area contributed by atoms with E-state index in [1.807, 2.05) is 10.9 Å². The van der Waals surface area contributed by atoms with Gasteiger partial charge in [0.15, 0.2) is 0 Å². The summed E-state index contributed by atoms with van der Waals surface area (Å²) < 4.78 is 1.98. The lowest BCUT2D eigenvalue weighted by Crippen LogP contribution is -2.28. The van der Waals surface area contributed by atoms with Crippen LogP contribution in [0.2, 0.25) is 0 Å². The van der Waals surface area contributed by atoms with E-state index in [1.54, 1.807) is 0 Å². The quantitative estimate of drug-likeness (QED) is 0.874. The van der Waals surface area contributed by atoms with Gasteiger partial charge < -0.3 is 5.73 Å². The summed E-state index contributed by atoms with van der Waals surface area (Å²) in [5.74, 6) is 1.42. The molecule has 1 aliphatic carbocycles. The SMILES string of the molecule is CCCn1nncc1C(N)C1CCCC(C)C1. The Morgan fingerprint density at radius 3 is 3.06 bits per heavy atom. The van der Waals surface area contributed by atoms with Gasteiger partial charge in [-0.3, -0.25) is 0 Å². The summed E-state index contributed by atoms with van der Waals surface area (Å²) in [7, 11) is 0. The Bertz CT molecular complexity index is 347. The van der Waals surface area contributed by atoms with Gasteiger partial charge in [-0.1, -0.05) is 31.9 Å². The zero-order valence-electron chi connectivity index (χ0n) is 11.0. The molecule has 0 aromatic carbocycles. The number of aryl methyl sites for hydroxylation is 1. The van der Waals surface area contributed by atoms with Crippen molar-refractivity contribution in [3.05, 3.63) is 11.9 Å². The van der Waals surface area contributed by atoms with E-state index in [9.17, 15) is 0 Å². The Morgan fingerprint density at radius 1 is 1.53 bits per heavy atom. The van der Waals surface area contributed by atoms with Gasteiger partial charge in [0, 0.05) is 6.54 Å². The molecule has 1 aromatic rings. The Hall–Kier alpha value is -0.900. The van der Waals surface area contributed by atoms with Gasteiger partial charge in [0.2, 0.25) is 0 Å². The number of nitrogens with two attached hydrogens (primary N) is 1. The Balaban J connectivity index is 2.07. The maximum atomic E-state index is 6.41. The van der Waals surface area contributed by atoms with Gasteiger partial charge in [0.1, 0.15) is 0 Å². The second kappa shape index (κ2) is 5.63. The topological polar surface area (TPSA) is 56.7 Å². The van der Waals surface area contributed by atoms with Gasteiger partial charge in [-0.2, -0.15) is 0 Å². The van der Waals surface area contributed by atoms with Crippen molar-refractivity contribution in [2.24, 2.45) is 17.6 Å². The number of hydrogen-bond donors (Lipinski definition) is 1. The molecule has 0 spiro atoms. The second-order valence-electron chi connectivity index (χ2n) is 5.44. The van der Waals surface area contributed by atoms with E-state index in [2.05, 4.69) is 24.2 Å². The lowest BCUT2D eigenvalue weighted by Gasteiger charge is -2.31. The van der Waals surface area contributed by atoms with E-state index < -0.39 is 0 Å². The summed E-state index contributed by atoms with van der Waals surface area (Å²) in [6.45, 7) is 5.41. The van der Waals surface area contributed by atoms with Gasteiger partial charge in [0.25, 0.3) is 0 Å². The number of rotatable bonds is 4. The average molecular weight is 236 g/mol. The standard InChI is InChI=1S/C13H24N4/c1-3-7-17-12(9-15-16-17)13(14)11-6-4-5-10(2)8-11/h9-11,13H,3-8,14H2,1-2H3. The van der Waals surface area contributed by atoms with Crippen molar-refractivity contribution >= 4 is 0 Å². The van der Waals surface area contributed by atoms with Gasteiger partial charge in [-0.25, -0.2) is 4.68 Å². The molecule has 4 heteroatoms. The van der Waals surface area contributed by atoms with E-state index >= 15 is 0 Å². The number of aromatic nitrogens is 3. The van der Waals surface area contributed by atoms with Crippen molar-refractivity contribution in [3.8, 4) is 0 Å². The molecule has 0 radical (unpaired) electrons. The highest BCUT2D eigenvalue weighted by atomic mass is 15.4. The fraction of sp³-hybridized carbons (Fsp3) is 0.846. The van der Waals surface area contributed by atoms with Crippen LogP contribution in [0.1, 0.15) is 57.7 Å². The second-order valence-corrected chi connectivity index (χ2v) is 5.44. The molecule has 3 atom stereocenters. The largest absolute Gasteiger partial charge is 0.322 e. The summed E-state index contributed by atoms with van der Waals surface area (Å²) in [6.07, 6.45) is 8.09. The average Bonchev–Trinajstić information content (AvgIpc) is 2.77. The molecule has 2 N–H and O–H groups in total. The van der Waals surface area contributed by atoms with Crippen LogP contribution in [-0.4, -0.2) is 15.0 Å². The summed E-state index contributed by atoms with van der Waals surface area (Å²) in [5.41, 5.74) is 7.52. The lowest BCUT2D eigenvalue weighted by molar-refractivity contribution is 0.241. The highest BCUT2D eigenvalue weighted by Crippen LogP contribution is 2.35. The molecule has 1 aromatic heterocycles. The van der Waals surface area contributed by atoms with Crippen LogP contribution in [0.5, 0.6) is 0 Å². The van der Waals surface area contributed by atoms with Gasteiger partial charge in [-0.15, -0.1) is 5.10 Å². The highest BCUT2D eigenvalue weighted by molar-refractivity contribution is 5.04. The fourth-order valence-corrected chi connectivity index (χ4v) is 2.96. The Kier molecular flexibility index (Phi) is 4.15. The minimum Gasteiger partial charge on any atom is -0.322 e. The molecule has 1 heterocycles. The van der Waals surface area contributed by atoms with Gasteiger partial charge >= 0.3 is 0 Å². The van der Waals surface area contributed by atoms with Crippen molar-refractivity contribution in [1.82, 2.24) is 15.0 Å². The molecule has 0 saturated heterocycles. The molecule has 1 aliphatic rings. The molecule has 3 unspecified atom stereocenters. The monoisotopic (exact) mass is 236 g/mol. The smallest absolute Gasteiger partial charge is 0.0757 e. The minimum atomic E-state index is 0.110. The van der Waals surface area contributed by atoms with Crippen LogP contribution < -0.4 is 5.73 Å². The third-order valence-corrected chi connectivity index (χ3v) is 3.91. The van der Waals surface area contributed by atoms with Crippen LogP contribution in [0, 0.1) is 11.8 Å². The van der Waals surface area contributed by atoms with Gasteiger partial charge in [0.05, 0.1) is 17.9 Å². The molecule has 0 aliphatic heterocycles. The summed E-state index contributed by atoms with van der Waals surface area (Å²) in [4.78, 5) is 0. The molecule has 1 saturated carbocycles. The molecule has 2 rings (SSSR count). The normalized spacial score (nSPS) is 27.0. The number of nitrogens with zero attached hydrogens (tertiary/aromatic N) is 3. The summed E-state index contributed by atoms with van der Waals surface area (Å²) in [6, 6.07) is 0.110. The summed E-state index contributed by atoms with van der Waals surface area (Å²) in [5, 5.41) is 8.14. The Morgan fingerprint density at radius 2 is 2.35 bits per heavy atom. The van der Waals surface area contributed by atoms with Crippen molar-refractivity contribution in [1.29, 1.82) is 0 Å². The first-order valence-electron chi connectivity index (χ1n) is 6.86. The van der Waals surface area contributed by atoms with Crippen molar-refractivity contribution < 1.29 is 0 Å². The van der Waals surface area contributed by atoms with Crippen LogP contribution in [0.25, 0.3) is 0 Å². The lowest BCUT2D eigenvalue weighted by atomic mass is 9.78. The van der Waals surface area contributed by atoms with Crippen LogP contribution in [-0.2, 0) is 6.54 Å². The summed E-state index contributed by atoms with van der Waals surface area (Å²) >= 11 is 0. The fourth-order valence-electron chi connectivity index (χ4n) is 2.96. The third-order valence-electron chi connectivity index (χ3n) is 3.91. The predicted molar refractivity (Wildman–Crippen MR) is 68.4 cm³/mol. The van der Waals surface area contributed by atoms with Crippen LogP contribution in [0.3, 0.4) is 0 Å². The highest BCUT2D eigenvalue weighted by Gasteiger charge is 2.27. The third kappa shape index (κ3) is 2.86. The first kappa shape index (κ1) is 12.6. The molecule has 0 amide bonds. The first-order valence-corrected chi connectivity index (χ1v) is 6.86. The molecule has 0 bridgehead atoms. The van der Waals surface area contributed by atoms with Crippen LogP contribution >= 0.6 is 0 Å². The number of hydrogen-bond acceptors (Lipinski definition) is 3. The molecule has 96 valence electrons. The zero-order chi connectivity index (χ0) is 12.3. The van der Waals surface area contributed by atoms with E-state index in [-0.39, 0.29) is 6.04 Å². The molecule has 4 nitrogen and oxygen atoms in total. The molecular weight excluding hydrogens is 212 g/mol. The molecule has 17 heavy (non-hydrogen) atoms. The van der Waals surface area contributed by atoms with E-state index in [4.69, 9.17) is 5.73 Å². The zero-order valence-corrected chi connectivity index (χ0v) is 11.0. The maximum absolute atomic E-state index is 6.41. The Labute approximate surface area is 104 Å². The van der Waals surface area contributed by atoms with Crippen LogP contribution in [0.4, 0.5) is 0 Å². The van der Waals surface area contributed by atoms with E-state index in [1.165, 1.54) is 25.7 Å². The van der Waals surface area contributed by atoms with Crippen LogP contribution in [0.15, 0.2) is 6.20 Å². The first-order chi connectivity index (χ1) is 8.22. The maximum Gasteiger partial charge on any atom is 0.0757 e. The molecule has 1 fully saturated rings. The van der Waals surface area contributed by atoms with E-state index in [0.29, 0.717) is 5.92 Å². The molecular formula is C13H24N4. The van der Waals surface area contributed by atoms with Crippen molar-refractivity contribution in [3.63, 3.8) is 0 Å².